The van der Waals surface area contributed by atoms with Gasteiger partial charge in [0.05, 0.1) is 12.1 Å². The molecule has 1 unspecified atom stereocenters. The van der Waals surface area contributed by atoms with E-state index >= 15 is 0 Å². The highest BCUT2D eigenvalue weighted by molar-refractivity contribution is 6.01. The molecule has 0 saturated carbocycles. The van der Waals surface area contributed by atoms with E-state index in [4.69, 9.17) is 0 Å². The number of likely N-dealkylation sites (N-methyl/N-ethyl adjacent to an activating group) is 1. The summed E-state index contributed by atoms with van der Waals surface area (Å²) in [6.45, 7) is 0.559. The van der Waals surface area contributed by atoms with Crippen molar-refractivity contribution in [1.29, 1.82) is 0 Å². The van der Waals surface area contributed by atoms with E-state index in [2.05, 4.69) is 4.98 Å². The number of pyridine rings is 1. The third-order valence-corrected chi connectivity index (χ3v) is 4.26. The topological polar surface area (TPSA) is 53.5 Å². The fraction of sp³-hybridized carbons (Fsp3) is 0.278. The van der Waals surface area contributed by atoms with E-state index in [-0.39, 0.29) is 23.9 Å². The minimum absolute atomic E-state index is 0.0970. The number of rotatable bonds is 4. The van der Waals surface area contributed by atoms with Gasteiger partial charge >= 0.3 is 0 Å². The molecule has 1 saturated heterocycles. The first kappa shape index (κ1) is 16.1. The second kappa shape index (κ2) is 6.78. The van der Waals surface area contributed by atoms with Crippen molar-refractivity contribution in [2.24, 2.45) is 0 Å². The molecule has 1 aromatic heterocycles. The van der Waals surface area contributed by atoms with Gasteiger partial charge in [0.25, 0.3) is 0 Å². The number of carbonyl (C=O) groups is 2. The van der Waals surface area contributed by atoms with E-state index < -0.39 is 11.9 Å². The van der Waals surface area contributed by atoms with Crippen molar-refractivity contribution in [2.75, 3.05) is 18.5 Å². The van der Waals surface area contributed by atoms with Gasteiger partial charge < -0.3 is 9.80 Å². The molecule has 1 atom stereocenters. The van der Waals surface area contributed by atoms with Gasteiger partial charge in [-0.15, -0.1) is 0 Å². The van der Waals surface area contributed by atoms with Crippen LogP contribution in [0.1, 0.15) is 12.1 Å². The molecule has 1 aliphatic heterocycles. The van der Waals surface area contributed by atoms with Gasteiger partial charge in [-0.05, 0) is 30.7 Å². The summed E-state index contributed by atoms with van der Waals surface area (Å²) in [6.07, 6.45) is 1.85. The van der Waals surface area contributed by atoms with Gasteiger partial charge in [0.1, 0.15) is 11.9 Å². The molecule has 0 radical (unpaired) electrons. The number of nitrogens with zero attached hydrogens (tertiary/aromatic N) is 3. The molecule has 0 bridgehead atoms. The Balaban J connectivity index is 1.69. The Labute approximate surface area is 139 Å². The highest BCUT2D eigenvalue weighted by Gasteiger charge is 2.37. The predicted octanol–water partition coefficient (Wildman–Crippen LogP) is 2.03. The smallest absolute Gasteiger partial charge is 0.249 e. The minimum Gasteiger partial charge on any atom is -0.333 e. The summed E-state index contributed by atoms with van der Waals surface area (Å²) in [5.41, 5.74) is 0.918. The molecule has 0 N–H and O–H groups in total. The molecule has 5 nitrogen and oxygen atoms in total. The van der Waals surface area contributed by atoms with Crippen molar-refractivity contribution < 1.29 is 14.0 Å². The maximum absolute atomic E-state index is 13.6. The van der Waals surface area contributed by atoms with Gasteiger partial charge in [0, 0.05) is 25.5 Å². The van der Waals surface area contributed by atoms with Crippen molar-refractivity contribution in [2.45, 2.75) is 18.9 Å². The molecule has 6 heteroatoms. The lowest BCUT2D eigenvalue weighted by atomic mass is 10.2. The van der Waals surface area contributed by atoms with Gasteiger partial charge in [0.2, 0.25) is 11.8 Å². The monoisotopic (exact) mass is 327 g/mol. The molecule has 0 spiro atoms. The zero-order valence-electron chi connectivity index (χ0n) is 13.4. The van der Waals surface area contributed by atoms with E-state index in [1.165, 1.54) is 23.2 Å². The van der Waals surface area contributed by atoms with Crippen molar-refractivity contribution in [3.63, 3.8) is 0 Å². The minimum atomic E-state index is -0.524. The predicted molar refractivity (Wildman–Crippen MR) is 87.9 cm³/mol. The Morgan fingerprint density at radius 3 is 2.75 bits per heavy atom. The summed E-state index contributed by atoms with van der Waals surface area (Å²) >= 11 is 0. The maximum Gasteiger partial charge on any atom is 0.249 e. The first-order valence-electron chi connectivity index (χ1n) is 7.79. The summed E-state index contributed by atoms with van der Waals surface area (Å²) in [4.78, 5) is 32.0. The third-order valence-electron chi connectivity index (χ3n) is 4.26. The van der Waals surface area contributed by atoms with Crippen LogP contribution in [0.2, 0.25) is 0 Å². The van der Waals surface area contributed by atoms with Gasteiger partial charge in [-0.3, -0.25) is 14.6 Å². The SMILES string of the molecule is CN(C(=O)Cc1ncccc1F)C1CCN(c2ccccc2)C1=O. The Hall–Kier alpha value is -2.76. The van der Waals surface area contributed by atoms with Crippen molar-refractivity contribution in [3.8, 4) is 0 Å². The molecule has 24 heavy (non-hydrogen) atoms. The Morgan fingerprint density at radius 2 is 2.04 bits per heavy atom. The lowest BCUT2D eigenvalue weighted by Crippen LogP contribution is -2.43. The summed E-state index contributed by atoms with van der Waals surface area (Å²) in [6, 6.07) is 11.6. The number of benzene rings is 1. The van der Waals surface area contributed by atoms with Gasteiger partial charge in [0.15, 0.2) is 0 Å². The number of halogens is 1. The molecule has 2 amide bonds. The quantitative estimate of drug-likeness (QED) is 0.863. The Morgan fingerprint density at radius 1 is 1.29 bits per heavy atom. The second-order valence-corrected chi connectivity index (χ2v) is 5.74. The normalized spacial score (nSPS) is 17.2. The Bertz CT molecular complexity index is 751. The number of amides is 2. The molecule has 1 fully saturated rings. The van der Waals surface area contributed by atoms with Crippen LogP contribution >= 0.6 is 0 Å². The number of para-hydroxylation sites is 1. The van der Waals surface area contributed by atoms with Crippen LogP contribution in [0.25, 0.3) is 0 Å². The van der Waals surface area contributed by atoms with Crippen molar-refractivity contribution >= 4 is 17.5 Å². The van der Waals surface area contributed by atoms with Gasteiger partial charge in [-0.25, -0.2) is 4.39 Å². The molecule has 1 aromatic carbocycles. The van der Waals surface area contributed by atoms with E-state index in [1.807, 2.05) is 30.3 Å². The summed E-state index contributed by atoms with van der Waals surface area (Å²) in [7, 11) is 1.58. The van der Waals surface area contributed by atoms with Crippen LogP contribution in [0.5, 0.6) is 0 Å². The number of hydrogen-bond acceptors (Lipinski definition) is 3. The van der Waals surface area contributed by atoms with E-state index in [0.717, 1.165) is 5.69 Å². The standard InChI is InChI=1S/C18H18FN3O2/c1-21(17(23)12-15-14(19)8-5-10-20-15)16-9-11-22(18(16)24)13-6-3-2-4-7-13/h2-8,10,16H,9,11-12H2,1H3. The van der Waals surface area contributed by atoms with E-state index in [0.29, 0.717) is 13.0 Å². The summed E-state index contributed by atoms with van der Waals surface area (Å²) < 4.78 is 13.6. The lowest BCUT2D eigenvalue weighted by molar-refractivity contribution is -0.136. The second-order valence-electron chi connectivity index (χ2n) is 5.74. The first-order chi connectivity index (χ1) is 11.6. The van der Waals surface area contributed by atoms with Crippen LogP contribution in [-0.2, 0) is 16.0 Å². The van der Waals surface area contributed by atoms with Crippen LogP contribution in [0.3, 0.4) is 0 Å². The fourth-order valence-corrected chi connectivity index (χ4v) is 2.88. The molecular weight excluding hydrogens is 309 g/mol. The number of hydrogen-bond donors (Lipinski definition) is 0. The average molecular weight is 327 g/mol. The van der Waals surface area contributed by atoms with Crippen LogP contribution in [0, 0.1) is 5.82 Å². The Kier molecular flexibility index (Phi) is 4.55. The van der Waals surface area contributed by atoms with Crippen molar-refractivity contribution in [1.82, 2.24) is 9.88 Å². The molecule has 1 aliphatic rings. The molecule has 3 rings (SSSR count). The van der Waals surface area contributed by atoms with E-state index in [1.54, 1.807) is 11.9 Å². The van der Waals surface area contributed by atoms with Crippen LogP contribution in [-0.4, -0.2) is 41.3 Å². The van der Waals surface area contributed by atoms with Gasteiger partial charge in [-0.1, -0.05) is 18.2 Å². The number of aromatic nitrogens is 1. The highest BCUT2D eigenvalue weighted by Crippen LogP contribution is 2.24. The highest BCUT2D eigenvalue weighted by atomic mass is 19.1. The van der Waals surface area contributed by atoms with Crippen LogP contribution in [0.15, 0.2) is 48.7 Å². The fourth-order valence-electron chi connectivity index (χ4n) is 2.88. The zero-order valence-corrected chi connectivity index (χ0v) is 13.4. The van der Waals surface area contributed by atoms with Gasteiger partial charge in [-0.2, -0.15) is 0 Å². The largest absolute Gasteiger partial charge is 0.333 e. The van der Waals surface area contributed by atoms with Crippen LogP contribution in [0.4, 0.5) is 10.1 Å². The van der Waals surface area contributed by atoms with Crippen LogP contribution < -0.4 is 4.90 Å². The molecule has 2 heterocycles. The average Bonchev–Trinajstić information content (AvgIpc) is 2.98. The summed E-state index contributed by atoms with van der Waals surface area (Å²) in [5, 5.41) is 0. The first-order valence-corrected chi connectivity index (χ1v) is 7.79. The molecule has 0 aliphatic carbocycles. The van der Waals surface area contributed by atoms with Crippen molar-refractivity contribution in [3.05, 3.63) is 60.2 Å². The molecule has 124 valence electrons. The maximum atomic E-state index is 13.6. The number of carbonyl (C=O) groups excluding carboxylic acids is 2. The zero-order chi connectivity index (χ0) is 17.1. The lowest BCUT2D eigenvalue weighted by Gasteiger charge is -2.24. The summed E-state index contributed by atoms with van der Waals surface area (Å²) in [5.74, 6) is -0.942. The third kappa shape index (κ3) is 3.13. The molecule has 2 aromatic rings. The molecular formula is C18H18FN3O2. The van der Waals surface area contributed by atoms with E-state index in [9.17, 15) is 14.0 Å². The number of anilines is 1.